The van der Waals surface area contributed by atoms with Gasteiger partial charge in [0, 0.05) is 17.4 Å². The van der Waals surface area contributed by atoms with Gasteiger partial charge in [0.05, 0.1) is 13.0 Å². The van der Waals surface area contributed by atoms with E-state index >= 15 is 0 Å². The first-order valence-electron chi connectivity index (χ1n) is 7.30. The fourth-order valence-corrected chi connectivity index (χ4v) is 3.20. The SMILES string of the molecule is CCC(CCN[C@H](C(=O)OC)c1ccccc1Cl)SCOC. The van der Waals surface area contributed by atoms with Crippen molar-refractivity contribution in [3.63, 3.8) is 0 Å². The number of benzene rings is 1. The van der Waals surface area contributed by atoms with E-state index in [-0.39, 0.29) is 5.97 Å². The maximum Gasteiger partial charge on any atom is 0.327 e. The third-order valence-electron chi connectivity index (χ3n) is 3.34. The number of ether oxygens (including phenoxy) is 2. The Balaban J connectivity index is 2.63. The Bertz CT molecular complexity index is 459. The number of esters is 1. The summed E-state index contributed by atoms with van der Waals surface area (Å²) in [7, 11) is 3.08. The van der Waals surface area contributed by atoms with Crippen LogP contribution in [0.4, 0.5) is 0 Å². The van der Waals surface area contributed by atoms with Crippen LogP contribution in [0.2, 0.25) is 5.02 Å². The maximum atomic E-state index is 12.0. The van der Waals surface area contributed by atoms with E-state index in [4.69, 9.17) is 21.1 Å². The molecule has 124 valence electrons. The van der Waals surface area contributed by atoms with Crippen LogP contribution in [-0.2, 0) is 14.3 Å². The van der Waals surface area contributed by atoms with Crippen molar-refractivity contribution in [3.8, 4) is 0 Å². The number of hydrogen-bond acceptors (Lipinski definition) is 5. The molecule has 0 saturated carbocycles. The summed E-state index contributed by atoms with van der Waals surface area (Å²) in [5.74, 6) is 0.356. The molecule has 1 aromatic carbocycles. The van der Waals surface area contributed by atoms with Crippen molar-refractivity contribution in [1.29, 1.82) is 0 Å². The Labute approximate surface area is 141 Å². The van der Waals surface area contributed by atoms with E-state index in [1.54, 1.807) is 24.9 Å². The first-order valence-corrected chi connectivity index (χ1v) is 8.72. The zero-order chi connectivity index (χ0) is 16.4. The molecule has 0 spiro atoms. The number of hydrogen-bond donors (Lipinski definition) is 1. The Morgan fingerprint density at radius 2 is 2.09 bits per heavy atom. The molecule has 2 atom stereocenters. The Morgan fingerprint density at radius 1 is 1.36 bits per heavy atom. The van der Waals surface area contributed by atoms with Crippen molar-refractivity contribution in [2.75, 3.05) is 26.7 Å². The van der Waals surface area contributed by atoms with Gasteiger partial charge in [0.2, 0.25) is 0 Å². The van der Waals surface area contributed by atoms with Gasteiger partial charge >= 0.3 is 5.97 Å². The van der Waals surface area contributed by atoms with Gasteiger partial charge in [-0.1, -0.05) is 36.7 Å². The van der Waals surface area contributed by atoms with Crippen LogP contribution < -0.4 is 5.32 Å². The molecule has 6 heteroatoms. The van der Waals surface area contributed by atoms with Gasteiger partial charge in [-0.2, -0.15) is 0 Å². The van der Waals surface area contributed by atoms with Gasteiger partial charge in [-0.3, -0.25) is 0 Å². The van der Waals surface area contributed by atoms with Gasteiger partial charge in [-0.25, -0.2) is 4.79 Å². The molecule has 1 aromatic rings. The largest absolute Gasteiger partial charge is 0.468 e. The zero-order valence-electron chi connectivity index (χ0n) is 13.3. The Hall–Kier alpha value is -0.750. The third-order valence-corrected chi connectivity index (χ3v) is 5.10. The van der Waals surface area contributed by atoms with Crippen LogP contribution in [0.25, 0.3) is 0 Å². The highest BCUT2D eigenvalue weighted by atomic mass is 35.5. The lowest BCUT2D eigenvalue weighted by molar-refractivity contribution is -0.143. The summed E-state index contributed by atoms with van der Waals surface area (Å²) in [4.78, 5) is 12.0. The predicted octanol–water partition coefficient (Wildman–Crippen LogP) is 3.65. The molecular weight excluding hydrogens is 322 g/mol. The van der Waals surface area contributed by atoms with E-state index in [1.807, 2.05) is 18.2 Å². The van der Waals surface area contributed by atoms with E-state index in [0.717, 1.165) is 18.4 Å². The van der Waals surface area contributed by atoms with Crippen LogP contribution in [0.3, 0.4) is 0 Å². The number of carbonyl (C=O) groups excluding carboxylic acids is 1. The highest BCUT2D eigenvalue weighted by Gasteiger charge is 2.23. The van der Waals surface area contributed by atoms with Crippen LogP contribution >= 0.6 is 23.4 Å². The van der Waals surface area contributed by atoms with Crippen molar-refractivity contribution in [3.05, 3.63) is 34.9 Å². The molecule has 0 heterocycles. The van der Waals surface area contributed by atoms with Crippen LogP contribution in [-0.4, -0.2) is 37.9 Å². The van der Waals surface area contributed by atoms with E-state index in [1.165, 1.54) is 7.11 Å². The second-order valence-electron chi connectivity index (χ2n) is 4.82. The molecule has 0 bridgehead atoms. The molecule has 0 amide bonds. The van der Waals surface area contributed by atoms with Gasteiger partial charge in [0.1, 0.15) is 6.04 Å². The van der Waals surface area contributed by atoms with E-state index < -0.39 is 6.04 Å². The molecule has 1 rings (SSSR count). The summed E-state index contributed by atoms with van der Waals surface area (Å²) < 4.78 is 9.98. The maximum absolute atomic E-state index is 12.0. The molecule has 22 heavy (non-hydrogen) atoms. The van der Waals surface area contributed by atoms with Crippen molar-refractivity contribution in [2.45, 2.75) is 31.1 Å². The first-order chi connectivity index (χ1) is 10.6. The predicted molar refractivity (Wildman–Crippen MR) is 92.4 cm³/mol. The Kier molecular flexibility index (Phi) is 9.55. The fraction of sp³-hybridized carbons (Fsp3) is 0.562. The van der Waals surface area contributed by atoms with Crippen molar-refractivity contribution >= 4 is 29.3 Å². The summed E-state index contributed by atoms with van der Waals surface area (Å²) in [5, 5.41) is 4.31. The number of rotatable bonds is 10. The summed E-state index contributed by atoms with van der Waals surface area (Å²) in [5.41, 5.74) is 0.744. The first kappa shape index (κ1) is 19.3. The third kappa shape index (κ3) is 6.16. The van der Waals surface area contributed by atoms with Gasteiger partial charge in [0.15, 0.2) is 0 Å². The van der Waals surface area contributed by atoms with Crippen molar-refractivity contribution in [1.82, 2.24) is 5.32 Å². The van der Waals surface area contributed by atoms with Crippen LogP contribution in [0.15, 0.2) is 24.3 Å². The molecule has 0 aromatic heterocycles. The fourth-order valence-electron chi connectivity index (χ4n) is 2.11. The summed E-state index contributed by atoms with van der Waals surface area (Å²) >= 11 is 7.97. The van der Waals surface area contributed by atoms with Crippen LogP contribution in [0.5, 0.6) is 0 Å². The lowest BCUT2D eigenvalue weighted by Gasteiger charge is -2.20. The number of methoxy groups -OCH3 is 2. The van der Waals surface area contributed by atoms with E-state index in [9.17, 15) is 4.79 Å². The number of carbonyl (C=O) groups is 1. The van der Waals surface area contributed by atoms with Gasteiger partial charge in [0.25, 0.3) is 0 Å². The molecule has 0 aliphatic rings. The van der Waals surface area contributed by atoms with Gasteiger partial charge < -0.3 is 14.8 Å². The molecule has 1 N–H and O–H groups in total. The van der Waals surface area contributed by atoms with E-state index in [2.05, 4.69) is 12.2 Å². The monoisotopic (exact) mass is 345 g/mol. The molecule has 0 saturated heterocycles. The Morgan fingerprint density at radius 3 is 2.68 bits per heavy atom. The van der Waals surface area contributed by atoms with Crippen LogP contribution in [0.1, 0.15) is 31.4 Å². The standard InChI is InChI=1S/C16H24ClNO3S/c1-4-12(22-11-20-2)9-10-18-15(16(19)21-3)13-7-5-6-8-14(13)17/h5-8,12,15,18H,4,9-11H2,1-3H3/t12?,15-/m0/s1. The number of halogens is 1. The highest BCUT2D eigenvalue weighted by Crippen LogP contribution is 2.24. The lowest BCUT2D eigenvalue weighted by atomic mass is 10.1. The minimum absolute atomic E-state index is 0.328. The molecule has 0 aliphatic heterocycles. The number of thioether (sulfide) groups is 1. The van der Waals surface area contributed by atoms with Crippen molar-refractivity contribution < 1.29 is 14.3 Å². The van der Waals surface area contributed by atoms with Crippen LogP contribution in [0, 0.1) is 0 Å². The molecular formula is C16H24ClNO3S. The molecule has 0 aliphatic carbocycles. The smallest absolute Gasteiger partial charge is 0.327 e. The summed E-state index contributed by atoms with van der Waals surface area (Å²) in [6, 6.07) is 6.78. The minimum atomic E-state index is -0.538. The second kappa shape index (κ2) is 10.9. The van der Waals surface area contributed by atoms with E-state index in [0.29, 0.717) is 22.8 Å². The highest BCUT2D eigenvalue weighted by molar-refractivity contribution is 7.99. The van der Waals surface area contributed by atoms with Gasteiger partial charge in [-0.05, 0) is 31.0 Å². The minimum Gasteiger partial charge on any atom is -0.468 e. The zero-order valence-corrected chi connectivity index (χ0v) is 14.9. The summed E-state index contributed by atoms with van der Waals surface area (Å²) in [6.07, 6.45) is 2.01. The average molecular weight is 346 g/mol. The quantitative estimate of drug-likeness (QED) is 0.518. The number of nitrogens with one attached hydrogen (secondary N) is 1. The summed E-state index contributed by atoms with van der Waals surface area (Å²) in [6.45, 7) is 2.86. The van der Waals surface area contributed by atoms with Crippen molar-refractivity contribution in [2.24, 2.45) is 0 Å². The second-order valence-corrected chi connectivity index (χ2v) is 6.47. The topological polar surface area (TPSA) is 47.6 Å². The molecule has 0 fully saturated rings. The van der Waals surface area contributed by atoms with Gasteiger partial charge in [-0.15, -0.1) is 11.8 Å². The average Bonchev–Trinajstić information content (AvgIpc) is 2.54. The molecule has 1 unspecified atom stereocenters. The molecule has 4 nitrogen and oxygen atoms in total. The normalized spacial score (nSPS) is 13.6. The lowest BCUT2D eigenvalue weighted by Crippen LogP contribution is -2.31. The molecule has 0 radical (unpaired) electrons.